The van der Waals surface area contributed by atoms with E-state index >= 15 is 0 Å². The van der Waals surface area contributed by atoms with Crippen LogP contribution in [0.15, 0.2) is 0 Å². The van der Waals surface area contributed by atoms with Gasteiger partial charge in [-0.25, -0.2) is 0 Å². The van der Waals surface area contributed by atoms with Crippen LogP contribution in [0.5, 0.6) is 0 Å². The highest BCUT2D eigenvalue weighted by molar-refractivity contribution is 7.98. The highest BCUT2D eigenvalue weighted by Gasteiger charge is 2.04. The van der Waals surface area contributed by atoms with E-state index in [-0.39, 0.29) is 17.0 Å². The molecule has 0 amide bonds. The molecule has 0 saturated carbocycles. The lowest BCUT2D eigenvalue weighted by Gasteiger charge is -2.23. The highest BCUT2D eigenvalue weighted by Crippen LogP contribution is 2.00. The summed E-state index contributed by atoms with van der Waals surface area (Å²) in [6.45, 7) is 2.58. The van der Waals surface area contributed by atoms with Crippen LogP contribution < -0.4 is 17.0 Å². The van der Waals surface area contributed by atoms with Crippen molar-refractivity contribution in [1.82, 2.24) is 0 Å². The highest BCUT2D eigenvalue weighted by atomic mass is 79.9. The molecule has 0 atom stereocenters. The second kappa shape index (κ2) is 27.0. The summed E-state index contributed by atoms with van der Waals surface area (Å²) in [5.41, 5.74) is 0. The van der Waals surface area contributed by atoms with E-state index in [2.05, 4.69) is 54.8 Å². The van der Waals surface area contributed by atoms with Crippen LogP contribution in [0.25, 0.3) is 0 Å². The van der Waals surface area contributed by atoms with Crippen molar-refractivity contribution < 1.29 is 42.8 Å². The molecule has 0 saturated heterocycles. The number of quaternary nitrogens is 2. The third kappa shape index (κ3) is 78.8. The van der Waals surface area contributed by atoms with E-state index in [1.165, 1.54) is 37.4 Å². The van der Waals surface area contributed by atoms with Crippen LogP contribution >= 0.6 is 23.5 Å². The lowest BCUT2D eigenvalue weighted by atomic mass is 10.4. The van der Waals surface area contributed by atoms with E-state index < -0.39 is 23.1 Å². The van der Waals surface area contributed by atoms with Crippen molar-refractivity contribution in [2.45, 2.75) is 12.8 Å². The first kappa shape index (κ1) is 36.6. The fourth-order valence-corrected chi connectivity index (χ4v) is 2.20. The lowest BCUT2D eigenvalue weighted by molar-refractivity contribution is -0.870. The van der Waals surface area contributed by atoms with Gasteiger partial charge in [-0.1, -0.05) is 0 Å². The van der Waals surface area contributed by atoms with Crippen LogP contribution in [-0.4, -0.2) is 105 Å². The lowest BCUT2D eigenvalue weighted by Crippen LogP contribution is -3.00. The molecule has 0 fully saturated rings. The first-order valence-electron chi connectivity index (χ1n) is 7.38. The summed E-state index contributed by atoms with van der Waals surface area (Å²) >= 11 is 2.36. The monoisotopic (exact) mass is 503 g/mol. The Morgan fingerprint density at radius 2 is 0.800 bits per heavy atom. The van der Waals surface area contributed by atoms with Gasteiger partial charge in [0.1, 0.15) is 0 Å². The fraction of sp³-hybridized carbons (Fsp3) is 1.00. The fourth-order valence-electron chi connectivity index (χ4n) is 1.37. The number of rotatable bonds is 8. The molecule has 0 aliphatic heterocycles. The van der Waals surface area contributed by atoms with E-state index in [1.54, 1.807) is 0 Å². The van der Waals surface area contributed by atoms with Gasteiger partial charge in [0.25, 0.3) is 0 Å². The largest absolute Gasteiger partial charge is 1.00 e. The topological polar surface area (TPSA) is 68.3 Å². The minimum Gasteiger partial charge on any atom is -1.00 e. The van der Waals surface area contributed by atoms with Gasteiger partial charge in [0.15, 0.2) is 0 Å². The molecule has 156 valence electrons. The van der Waals surface area contributed by atoms with Crippen LogP contribution in [0.1, 0.15) is 12.8 Å². The minimum absolute atomic E-state index is 0. The summed E-state index contributed by atoms with van der Waals surface area (Å²) in [6.07, 6.45) is 7.00. The van der Waals surface area contributed by atoms with Gasteiger partial charge in [0.05, 0.1) is 55.4 Å². The number of hydrogen-bond acceptors (Lipinski definition) is 6. The van der Waals surface area contributed by atoms with Crippen LogP contribution in [0.3, 0.4) is 0 Å². The molecule has 6 nitrogen and oxygen atoms in total. The molecule has 0 rings (SSSR count). The molecule has 0 aliphatic rings. The van der Waals surface area contributed by atoms with Crippen molar-refractivity contribution in [2.24, 2.45) is 0 Å². The molecular formula is C14H36BrN2O4S4+. The van der Waals surface area contributed by atoms with Crippen LogP contribution in [0.2, 0.25) is 0 Å². The molecule has 0 aromatic rings. The zero-order valence-electron chi connectivity index (χ0n) is 16.8. The maximum atomic E-state index is 8.29. The Morgan fingerprint density at radius 1 is 0.600 bits per heavy atom. The Hall–Kier alpha value is 0.740. The van der Waals surface area contributed by atoms with Crippen molar-refractivity contribution in [1.29, 1.82) is 0 Å². The van der Waals surface area contributed by atoms with Gasteiger partial charge in [0.2, 0.25) is 0 Å². The number of nitrogens with zero attached hydrogens (tertiary/aromatic N) is 2. The zero-order chi connectivity index (χ0) is 20.1. The normalized spacial score (nSPS) is 9.60. The Labute approximate surface area is 181 Å². The molecule has 0 heterocycles. The van der Waals surface area contributed by atoms with Crippen LogP contribution in [0.4, 0.5) is 0 Å². The summed E-state index contributed by atoms with van der Waals surface area (Å²) < 4.78 is 35.4. The first-order valence-corrected chi connectivity index (χ1v) is 11.5. The zero-order valence-corrected chi connectivity index (χ0v) is 21.6. The van der Waals surface area contributed by atoms with Crippen molar-refractivity contribution >= 4 is 46.7 Å². The Kier molecular flexibility index (Phi) is 39.5. The molecule has 0 bridgehead atoms. The maximum absolute atomic E-state index is 8.29. The maximum Gasteiger partial charge on any atom is 0.335 e. The van der Waals surface area contributed by atoms with Gasteiger partial charge >= 0.3 is 23.1 Å². The number of hydrogen-bond donors (Lipinski definition) is 0. The molecule has 11 heteroatoms. The Balaban J connectivity index is -0.0000000788. The van der Waals surface area contributed by atoms with Gasteiger partial charge in [-0.3, -0.25) is 0 Å². The average Bonchev–Trinajstić information content (AvgIpc) is 2.39. The summed E-state index contributed by atoms with van der Waals surface area (Å²) in [5, 5.41) is 0. The van der Waals surface area contributed by atoms with E-state index in [1.807, 2.05) is 23.5 Å². The van der Waals surface area contributed by atoms with Crippen molar-refractivity contribution in [3.63, 3.8) is 0 Å². The molecule has 0 aliphatic carbocycles. The minimum atomic E-state index is -0.750. The first-order chi connectivity index (χ1) is 10.9. The second-order valence-electron chi connectivity index (χ2n) is 6.86. The molecule has 0 spiro atoms. The molecule has 0 unspecified atom stereocenters. The van der Waals surface area contributed by atoms with Gasteiger partial charge in [-0.05, 0) is 24.0 Å². The van der Waals surface area contributed by atoms with Gasteiger partial charge in [-0.15, -0.1) is 0 Å². The third-order valence-electron chi connectivity index (χ3n) is 2.35. The van der Waals surface area contributed by atoms with Crippen LogP contribution in [-0.2, 0) is 23.1 Å². The predicted molar refractivity (Wildman–Crippen MR) is 110 cm³/mol. The SMILES string of the molecule is CSCCC[N+](C)(C)C.CSCCC[N+](C)(C)C.O=S=O.O=S=O.[Br-]. The second-order valence-corrected chi connectivity index (χ2v) is 9.10. The molecule has 25 heavy (non-hydrogen) atoms. The summed E-state index contributed by atoms with van der Waals surface area (Å²) in [5.74, 6) is 2.60. The number of thioether (sulfide) groups is 2. The summed E-state index contributed by atoms with van der Waals surface area (Å²) in [4.78, 5) is 0. The predicted octanol–water partition coefficient (Wildman–Crippen LogP) is -1.44. The van der Waals surface area contributed by atoms with Gasteiger partial charge in [-0.2, -0.15) is 40.4 Å². The third-order valence-corrected chi connectivity index (χ3v) is 3.75. The standard InChI is InChI=1S/2C7H18NS.BrH.2O2S/c2*1-8(2,3)6-5-7-9-4;;2*1-3-2/h2*5-7H2,1-4H3;1H;;/q2*+1;;;/p-1. The van der Waals surface area contributed by atoms with Gasteiger partial charge in [0, 0.05) is 12.8 Å². The Morgan fingerprint density at radius 3 is 0.920 bits per heavy atom. The molecule has 0 radical (unpaired) electrons. The average molecular weight is 505 g/mol. The summed E-state index contributed by atoms with van der Waals surface area (Å²) in [6, 6.07) is 0. The van der Waals surface area contributed by atoms with Crippen molar-refractivity contribution in [2.75, 3.05) is 79.4 Å². The van der Waals surface area contributed by atoms with Crippen molar-refractivity contribution in [3.05, 3.63) is 0 Å². The Bertz CT molecular complexity index is 294. The summed E-state index contributed by atoms with van der Waals surface area (Å²) in [7, 11) is 13.4. The van der Waals surface area contributed by atoms with Gasteiger partial charge < -0.3 is 25.9 Å². The van der Waals surface area contributed by atoms with E-state index in [0.29, 0.717) is 0 Å². The molecule has 0 aromatic heterocycles. The molecule has 0 aromatic carbocycles. The van der Waals surface area contributed by atoms with Crippen LogP contribution in [0, 0.1) is 0 Å². The van der Waals surface area contributed by atoms with E-state index in [0.717, 1.165) is 8.97 Å². The van der Waals surface area contributed by atoms with E-state index in [4.69, 9.17) is 16.8 Å². The quantitative estimate of drug-likeness (QED) is 0.298. The number of halogens is 1. The van der Waals surface area contributed by atoms with Crippen molar-refractivity contribution in [3.8, 4) is 0 Å². The molecule has 0 N–H and O–H groups in total. The smallest absolute Gasteiger partial charge is 0.335 e. The molecular weight excluding hydrogens is 468 g/mol. The van der Waals surface area contributed by atoms with E-state index in [9.17, 15) is 0 Å².